The fraction of sp³-hybridized carbons (Fsp3) is 0.250. The average Bonchev–Trinajstić information content (AvgIpc) is 3.04. The third-order valence-electron chi connectivity index (χ3n) is 4.55. The molecule has 1 saturated heterocycles. The van der Waals surface area contributed by atoms with Crippen molar-refractivity contribution in [3.05, 3.63) is 57.5 Å². The molecule has 0 radical (unpaired) electrons. The summed E-state index contributed by atoms with van der Waals surface area (Å²) in [5.41, 5.74) is 2.28. The Labute approximate surface area is 176 Å². The van der Waals surface area contributed by atoms with Crippen LogP contribution >= 0.6 is 27.5 Å². The van der Waals surface area contributed by atoms with Crippen molar-refractivity contribution < 1.29 is 14.4 Å². The van der Waals surface area contributed by atoms with E-state index in [0.717, 1.165) is 10.0 Å². The van der Waals surface area contributed by atoms with Gasteiger partial charge in [0, 0.05) is 27.4 Å². The molecule has 3 amide bonds. The molecule has 2 aromatic rings. The topological polar surface area (TPSA) is 78.5 Å². The van der Waals surface area contributed by atoms with Gasteiger partial charge in [0.25, 0.3) is 0 Å². The van der Waals surface area contributed by atoms with Crippen molar-refractivity contribution in [3.8, 4) is 0 Å². The minimum absolute atomic E-state index is 0.195. The Hall–Kier alpha value is -2.38. The number of carbonyl (C=O) groups is 3. The first-order valence-corrected chi connectivity index (χ1v) is 9.93. The lowest BCUT2D eigenvalue weighted by Crippen LogP contribution is -2.40. The van der Waals surface area contributed by atoms with Crippen molar-refractivity contribution >= 4 is 56.6 Å². The largest absolute Gasteiger partial charge is 0.346 e. The van der Waals surface area contributed by atoms with Crippen LogP contribution in [0.25, 0.3) is 0 Å². The molecule has 1 heterocycles. The lowest BCUT2D eigenvalue weighted by Gasteiger charge is -2.17. The van der Waals surface area contributed by atoms with Crippen LogP contribution in [0.3, 0.4) is 0 Å². The summed E-state index contributed by atoms with van der Waals surface area (Å²) in [4.78, 5) is 38.6. The third-order valence-corrected chi connectivity index (χ3v) is 5.29. The average molecular weight is 465 g/mol. The molecule has 2 N–H and O–H groups in total. The second kappa shape index (κ2) is 8.75. The standard InChI is InChI=1S/C20H19BrClN3O3/c1-12-10-13(21)2-7-17(12)24-18(26)11-23-19(27)16-8-9-25(20(16)28)15-5-3-14(22)4-6-15/h2-7,10,16H,8-9,11H2,1H3,(H,23,27)(H,24,26). The Bertz CT molecular complexity index is 917. The van der Waals surface area contributed by atoms with Gasteiger partial charge in [0.05, 0.1) is 6.54 Å². The number of nitrogens with zero attached hydrogens (tertiary/aromatic N) is 1. The Morgan fingerprint density at radius 3 is 2.61 bits per heavy atom. The van der Waals surface area contributed by atoms with Crippen LogP contribution in [-0.2, 0) is 14.4 Å². The number of hydrogen-bond donors (Lipinski definition) is 2. The number of nitrogens with one attached hydrogen (secondary N) is 2. The van der Waals surface area contributed by atoms with Crippen molar-refractivity contribution in [2.45, 2.75) is 13.3 Å². The molecule has 0 aliphatic carbocycles. The highest BCUT2D eigenvalue weighted by molar-refractivity contribution is 9.10. The summed E-state index contributed by atoms with van der Waals surface area (Å²) < 4.78 is 0.918. The van der Waals surface area contributed by atoms with E-state index in [1.165, 1.54) is 0 Å². The van der Waals surface area contributed by atoms with Crippen molar-refractivity contribution in [1.82, 2.24) is 5.32 Å². The molecule has 146 valence electrons. The molecule has 1 fully saturated rings. The highest BCUT2D eigenvalue weighted by atomic mass is 79.9. The van der Waals surface area contributed by atoms with E-state index in [0.29, 0.717) is 29.4 Å². The van der Waals surface area contributed by atoms with Gasteiger partial charge in [0.2, 0.25) is 17.7 Å². The molecule has 0 spiro atoms. The maximum atomic E-state index is 12.6. The second-order valence-electron chi connectivity index (χ2n) is 6.53. The number of benzene rings is 2. The van der Waals surface area contributed by atoms with Crippen LogP contribution in [0.1, 0.15) is 12.0 Å². The fourth-order valence-electron chi connectivity index (χ4n) is 3.05. The van der Waals surface area contributed by atoms with Crippen molar-refractivity contribution in [3.63, 3.8) is 0 Å². The minimum Gasteiger partial charge on any atom is -0.346 e. The van der Waals surface area contributed by atoms with Crippen LogP contribution in [-0.4, -0.2) is 30.8 Å². The van der Waals surface area contributed by atoms with E-state index in [2.05, 4.69) is 26.6 Å². The summed E-state index contributed by atoms with van der Waals surface area (Å²) in [6.07, 6.45) is 0.404. The predicted molar refractivity (Wildman–Crippen MR) is 112 cm³/mol. The molecule has 1 unspecified atom stereocenters. The molecule has 2 aromatic carbocycles. The Morgan fingerprint density at radius 1 is 1.21 bits per heavy atom. The van der Waals surface area contributed by atoms with Gasteiger partial charge in [0.1, 0.15) is 5.92 Å². The number of aryl methyl sites for hydroxylation is 1. The number of carbonyl (C=O) groups excluding carboxylic acids is 3. The first kappa shape index (κ1) is 20.4. The van der Waals surface area contributed by atoms with E-state index in [9.17, 15) is 14.4 Å². The van der Waals surface area contributed by atoms with Gasteiger partial charge in [-0.3, -0.25) is 14.4 Å². The zero-order valence-electron chi connectivity index (χ0n) is 15.2. The van der Waals surface area contributed by atoms with Crippen molar-refractivity contribution in [2.75, 3.05) is 23.3 Å². The van der Waals surface area contributed by atoms with Gasteiger partial charge in [-0.25, -0.2) is 0 Å². The molecule has 1 atom stereocenters. The molecular formula is C20H19BrClN3O3. The zero-order valence-corrected chi connectivity index (χ0v) is 17.5. The molecule has 1 aliphatic heterocycles. The van der Waals surface area contributed by atoms with Crippen LogP contribution in [0, 0.1) is 12.8 Å². The summed E-state index contributed by atoms with van der Waals surface area (Å²) in [6.45, 7) is 2.13. The van der Waals surface area contributed by atoms with Gasteiger partial charge in [0.15, 0.2) is 0 Å². The summed E-state index contributed by atoms with van der Waals surface area (Å²) >= 11 is 9.24. The molecule has 28 heavy (non-hydrogen) atoms. The SMILES string of the molecule is Cc1cc(Br)ccc1NC(=O)CNC(=O)C1CCN(c2ccc(Cl)cc2)C1=O. The zero-order chi connectivity index (χ0) is 20.3. The Morgan fingerprint density at radius 2 is 1.93 bits per heavy atom. The fourth-order valence-corrected chi connectivity index (χ4v) is 3.65. The van der Waals surface area contributed by atoms with E-state index in [1.807, 2.05) is 19.1 Å². The van der Waals surface area contributed by atoms with E-state index in [1.54, 1.807) is 35.2 Å². The summed E-state index contributed by atoms with van der Waals surface area (Å²) in [5, 5.41) is 5.89. The van der Waals surface area contributed by atoms with Gasteiger partial charge < -0.3 is 15.5 Å². The molecule has 0 bridgehead atoms. The smallest absolute Gasteiger partial charge is 0.243 e. The minimum atomic E-state index is -0.794. The van der Waals surface area contributed by atoms with Crippen molar-refractivity contribution in [1.29, 1.82) is 0 Å². The summed E-state index contributed by atoms with van der Waals surface area (Å²) in [7, 11) is 0. The maximum Gasteiger partial charge on any atom is 0.243 e. The third kappa shape index (κ3) is 4.72. The van der Waals surface area contributed by atoms with E-state index in [-0.39, 0.29) is 18.4 Å². The first-order chi connectivity index (χ1) is 13.3. The van der Waals surface area contributed by atoms with E-state index >= 15 is 0 Å². The molecule has 6 nitrogen and oxygen atoms in total. The van der Waals surface area contributed by atoms with Crippen LogP contribution in [0.2, 0.25) is 5.02 Å². The summed E-state index contributed by atoms with van der Waals surface area (Å²) in [6, 6.07) is 12.4. The molecule has 8 heteroatoms. The van der Waals surface area contributed by atoms with E-state index in [4.69, 9.17) is 11.6 Å². The molecule has 3 rings (SSSR count). The Balaban J connectivity index is 1.54. The van der Waals surface area contributed by atoms with Crippen LogP contribution in [0.4, 0.5) is 11.4 Å². The quantitative estimate of drug-likeness (QED) is 0.665. The molecule has 0 aromatic heterocycles. The maximum absolute atomic E-state index is 12.6. The van der Waals surface area contributed by atoms with Gasteiger partial charge in [-0.05, 0) is 61.4 Å². The Kier molecular flexibility index (Phi) is 6.36. The van der Waals surface area contributed by atoms with Crippen LogP contribution in [0.15, 0.2) is 46.9 Å². The lowest BCUT2D eigenvalue weighted by molar-refractivity contribution is -0.133. The van der Waals surface area contributed by atoms with Gasteiger partial charge in [-0.2, -0.15) is 0 Å². The van der Waals surface area contributed by atoms with Gasteiger partial charge in [-0.15, -0.1) is 0 Å². The van der Waals surface area contributed by atoms with Gasteiger partial charge >= 0.3 is 0 Å². The molecule has 0 saturated carbocycles. The second-order valence-corrected chi connectivity index (χ2v) is 7.88. The number of amides is 3. The number of anilines is 2. The van der Waals surface area contributed by atoms with Crippen LogP contribution < -0.4 is 15.5 Å². The predicted octanol–water partition coefficient (Wildman–Crippen LogP) is 3.52. The normalized spacial score (nSPS) is 16.2. The lowest BCUT2D eigenvalue weighted by atomic mass is 10.1. The monoisotopic (exact) mass is 463 g/mol. The van der Waals surface area contributed by atoms with Crippen LogP contribution in [0.5, 0.6) is 0 Å². The highest BCUT2D eigenvalue weighted by Crippen LogP contribution is 2.26. The van der Waals surface area contributed by atoms with E-state index < -0.39 is 11.8 Å². The first-order valence-electron chi connectivity index (χ1n) is 8.76. The van der Waals surface area contributed by atoms with Gasteiger partial charge in [-0.1, -0.05) is 27.5 Å². The summed E-state index contributed by atoms with van der Waals surface area (Å²) in [5.74, 6) is -1.86. The molecule has 1 aliphatic rings. The number of halogens is 2. The number of hydrogen-bond acceptors (Lipinski definition) is 3. The highest BCUT2D eigenvalue weighted by Gasteiger charge is 2.37. The molecular weight excluding hydrogens is 446 g/mol. The number of rotatable bonds is 5. The van der Waals surface area contributed by atoms with Crippen molar-refractivity contribution in [2.24, 2.45) is 5.92 Å².